The lowest BCUT2D eigenvalue weighted by atomic mass is 9.74. The van der Waals surface area contributed by atoms with Crippen molar-refractivity contribution >= 4 is 39.6 Å². The Hall–Kier alpha value is -1.97. The zero-order chi connectivity index (χ0) is 22.7. The third-order valence-electron chi connectivity index (χ3n) is 6.44. The van der Waals surface area contributed by atoms with Gasteiger partial charge in [-0.15, -0.1) is 11.8 Å². The lowest BCUT2D eigenvalue weighted by Crippen LogP contribution is -3.20. The van der Waals surface area contributed by atoms with Crippen LogP contribution in [0, 0.1) is 12.8 Å². The third kappa shape index (κ3) is 5.50. The van der Waals surface area contributed by atoms with Crippen molar-refractivity contribution in [2.75, 3.05) is 31.1 Å². The predicted octanol–water partition coefficient (Wildman–Crippen LogP) is 0.575. The van der Waals surface area contributed by atoms with Crippen LogP contribution in [-0.4, -0.2) is 59.0 Å². The first-order valence-corrected chi connectivity index (χ1v) is 12.8. The van der Waals surface area contributed by atoms with E-state index in [4.69, 9.17) is 4.98 Å². The molecule has 1 aromatic heterocycles. The molecule has 0 saturated carbocycles. The first-order chi connectivity index (χ1) is 15.4. The Balaban J connectivity index is 1.40. The molecule has 3 fully saturated rings. The van der Waals surface area contributed by atoms with Gasteiger partial charge >= 0.3 is 0 Å². The van der Waals surface area contributed by atoms with Gasteiger partial charge in [0.15, 0.2) is 0 Å². The highest BCUT2D eigenvalue weighted by molar-refractivity contribution is 9.10. The van der Waals surface area contributed by atoms with Crippen LogP contribution in [0.2, 0.25) is 0 Å². The molecule has 3 aliphatic heterocycles. The topological polar surface area (TPSA) is 99.5 Å². The standard InChI is InChI=1S/C23H27BrN4O3S/c1-14-26-20(17-4-2-3-5-19(17)24)9-21(27-14)18-11-28-7-6-15(18)8-16(28)10-25-22(29)12-32-13-23(30)31/h2-5,9,15-16,18H,6-8,10-13H2,1H3,(H,25,29)(H,30,31)/t15-,16+,18-/m0/s1. The van der Waals surface area contributed by atoms with Gasteiger partial charge in [-0.25, -0.2) is 9.97 Å². The van der Waals surface area contributed by atoms with Crippen molar-refractivity contribution < 1.29 is 19.6 Å². The quantitative estimate of drug-likeness (QED) is 0.530. The lowest BCUT2D eigenvalue weighted by Gasteiger charge is -2.46. The summed E-state index contributed by atoms with van der Waals surface area (Å²) in [6.07, 6.45) is 2.22. The smallest absolute Gasteiger partial charge is 0.230 e. The van der Waals surface area contributed by atoms with Crippen molar-refractivity contribution in [2.24, 2.45) is 5.92 Å². The third-order valence-corrected chi connectivity index (χ3v) is 8.04. The molecule has 0 radical (unpaired) electrons. The van der Waals surface area contributed by atoms with E-state index in [0.717, 1.165) is 58.5 Å². The number of benzene rings is 1. The van der Waals surface area contributed by atoms with Crippen LogP contribution < -0.4 is 15.3 Å². The summed E-state index contributed by atoms with van der Waals surface area (Å²) in [5.74, 6) is 0.474. The second kappa shape index (κ2) is 10.3. The number of hydrogen-bond acceptors (Lipinski definition) is 6. The van der Waals surface area contributed by atoms with Gasteiger partial charge < -0.3 is 20.1 Å². The van der Waals surface area contributed by atoms with Gasteiger partial charge in [0.1, 0.15) is 11.9 Å². The first kappa shape index (κ1) is 23.2. The Morgan fingerprint density at radius 1 is 1.28 bits per heavy atom. The molecule has 170 valence electrons. The van der Waals surface area contributed by atoms with E-state index in [1.807, 2.05) is 25.1 Å². The molecule has 7 nitrogen and oxygen atoms in total. The van der Waals surface area contributed by atoms with Crippen molar-refractivity contribution in [3.63, 3.8) is 0 Å². The zero-order valence-corrected chi connectivity index (χ0v) is 20.4. The Morgan fingerprint density at radius 3 is 2.81 bits per heavy atom. The number of quaternary nitrogens is 1. The van der Waals surface area contributed by atoms with E-state index in [-0.39, 0.29) is 17.4 Å². The van der Waals surface area contributed by atoms with Crippen molar-refractivity contribution in [2.45, 2.75) is 31.7 Å². The van der Waals surface area contributed by atoms with E-state index in [2.05, 4.69) is 38.4 Å². The van der Waals surface area contributed by atoms with Crippen LogP contribution in [0.15, 0.2) is 34.8 Å². The highest BCUT2D eigenvalue weighted by atomic mass is 79.9. The summed E-state index contributed by atoms with van der Waals surface area (Å²) in [4.78, 5) is 33.5. The largest absolute Gasteiger partial charge is 0.549 e. The Morgan fingerprint density at radius 2 is 2.09 bits per heavy atom. The fourth-order valence-electron chi connectivity index (χ4n) is 4.98. The molecule has 3 aliphatic rings. The molecule has 4 atom stereocenters. The normalized spacial score (nSPS) is 24.3. The highest BCUT2D eigenvalue weighted by Crippen LogP contribution is 2.35. The van der Waals surface area contributed by atoms with Gasteiger partial charge in [-0.3, -0.25) is 4.79 Å². The minimum atomic E-state index is -1.14. The second-order valence-electron chi connectivity index (χ2n) is 8.57. The van der Waals surface area contributed by atoms with Crippen molar-refractivity contribution in [1.82, 2.24) is 15.3 Å². The number of aromatic nitrogens is 2. The van der Waals surface area contributed by atoms with Crippen molar-refractivity contribution in [3.05, 3.63) is 46.3 Å². The molecule has 2 N–H and O–H groups in total. The Labute approximate surface area is 200 Å². The van der Waals surface area contributed by atoms with Gasteiger partial charge in [0.2, 0.25) is 5.91 Å². The zero-order valence-electron chi connectivity index (χ0n) is 18.0. The number of carbonyl (C=O) groups is 2. The number of piperidine rings is 3. The summed E-state index contributed by atoms with van der Waals surface area (Å²) in [6, 6.07) is 10.7. The molecule has 3 saturated heterocycles. The highest BCUT2D eigenvalue weighted by Gasteiger charge is 2.44. The molecule has 1 aromatic carbocycles. The van der Waals surface area contributed by atoms with Crippen molar-refractivity contribution in [3.8, 4) is 11.3 Å². The number of aryl methyl sites for hydroxylation is 1. The van der Waals surface area contributed by atoms with Crippen LogP contribution in [0.5, 0.6) is 0 Å². The summed E-state index contributed by atoms with van der Waals surface area (Å²) in [5, 5.41) is 13.5. The Bertz CT molecular complexity index is 1000. The summed E-state index contributed by atoms with van der Waals surface area (Å²) >= 11 is 4.71. The number of hydrogen-bond donors (Lipinski definition) is 2. The molecule has 5 rings (SSSR count). The maximum atomic E-state index is 12.0. The molecule has 0 spiro atoms. The molecule has 2 aromatic rings. The van der Waals surface area contributed by atoms with E-state index in [1.165, 1.54) is 11.3 Å². The van der Waals surface area contributed by atoms with Gasteiger partial charge in [0.25, 0.3) is 0 Å². The molecule has 32 heavy (non-hydrogen) atoms. The molecule has 1 unspecified atom stereocenters. The first-order valence-electron chi connectivity index (χ1n) is 10.9. The van der Waals surface area contributed by atoms with Crippen LogP contribution in [0.25, 0.3) is 11.3 Å². The molecule has 0 aliphatic carbocycles. The molecular weight excluding hydrogens is 492 g/mol. The van der Waals surface area contributed by atoms with Crippen molar-refractivity contribution in [1.29, 1.82) is 0 Å². The average molecular weight is 519 g/mol. The van der Waals surface area contributed by atoms with E-state index in [0.29, 0.717) is 24.4 Å². The summed E-state index contributed by atoms with van der Waals surface area (Å²) in [6.45, 7) is 4.71. The van der Waals surface area contributed by atoms with Crippen LogP contribution in [0.3, 0.4) is 0 Å². The Kier molecular flexibility index (Phi) is 7.48. The minimum absolute atomic E-state index is 0.112. The second-order valence-corrected chi connectivity index (χ2v) is 10.4. The molecule has 4 heterocycles. The number of carboxylic acid groups (broad SMARTS) is 1. The van der Waals surface area contributed by atoms with Crippen LogP contribution in [-0.2, 0) is 9.59 Å². The number of thioether (sulfide) groups is 1. The SMILES string of the molecule is Cc1nc(-c2ccccc2Br)cc([C@H]2C[NH+]3CC[C@H]2C[C@@H]3CNC(=O)CSCC(=O)[O-])n1. The van der Waals surface area contributed by atoms with E-state index < -0.39 is 5.97 Å². The van der Waals surface area contributed by atoms with E-state index in [9.17, 15) is 14.7 Å². The number of nitrogens with zero attached hydrogens (tertiary/aromatic N) is 2. The number of carbonyl (C=O) groups excluding carboxylic acids is 2. The minimum Gasteiger partial charge on any atom is -0.549 e. The number of halogens is 1. The van der Waals surface area contributed by atoms with Gasteiger partial charge in [-0.05, 0) is 25.0 Å². The maximum absolute atomic E-state index is 12.0. The fourth-order valence-corrected chi connectivity index (χ4v) is 6.03. The number of fused-ring (bicyclic) bond motifs is 3. The maximum Gasteiger partial charge on any atom is 0.230 e. The average Bonchev–Trinajstić information content (AvgIpc) is 2.77. The number of nitrogens with one attached hydrogen (secondary N) is 2. The van der Waals surface area contributed by atoms with Crippen LogP contribution in [0.4, 0.5) is 0 Å². The molecular formula is C23H27BrN4O3S. The van der Waals surface area contributed by atoms with Gasteiger partial charge in [0, 0.05) is 28.6 Å². The number of carboxylic acids is 1. The van der Waals surface area contributed by atoms with Crippen LogP contribution >= 0.6 is 27.7 Å². The van der Waals surface area contributed by atoms with Gasteiger partial charge in [-0.2, -0.15) is 0 Å². The fraction of sp³-hybridized carbons (Fsp3) is 0.478. The van der Waals surface area contributed by atoms with Gasteiger partial charge in [0.05, 0.1) is 48.7 Å². The monoisotopic (exact) mass is 518 g/mol. The summed E-state index contributed by atoms with van der Waals surface area (Å²) in [7, 11) is 0. The van der Waals surface area contributed by atoms with E-state index in [1.54, 1.807) is 0 Å². The molecule has 1 amide bonds. The van der Waals surface area contributed by atoms with E-state index >= 15 is 0 Å². The number of aliphatic carboxylic acids is 1. The summed E-state index contributed by atoms with van der Waals surface area (Å²) in [5.41, 5.74) is 3.14. The van der Waals surface area contributed by atoms with Gasteiger partial charge in [-0.1, -0.05) is 34.1 Å². The lowest BCUT2D eigenvalue weighted by molar-refractivity contribution is -0.942. The molecule has 2 bridgehead atoms. The predicted molar refractivity (Wildman–Crippen MR) is 125 cm³/mol. The number of amides is 1. The summed E-state index contributed by atoms with van der Waals surface area (Å²) < 4.78 is 1.03. The van der Waals surface area contributed by atoms with Crippen LogP contribution in [0.1, 0.15) is 30.3 Å². The molecule has 9 heteroatoms. The number of rotatable bonds is 8.